The van der Waals surface area contributed by atoms with Gasteiger partial charge in [-0.05, 0) is 44.2 Å². The molecule has 0 fully saturated rings. The van der Waals surface area contributed by atoms with E-state index in [1.165, 1.54) is 5.56 Å². The summed E-state index contributed by atoms with van der Waals surface area (Å²) in [7, 11) is 0. The Labute approximate surface area is 169 Å². The number of pyridine rings is 1. The third kappa shape index (κ3) is 4.27. The summed E-state index contributed by atoms with van der Waals surface area (Å²) >= 11 is 0. The first-order valence-corrected chi connectivity index (χ1v) is 9.50. The van der Waals surface area contributed by atoms with Crippen molar-refractivity contribution in [2.24, 2.45) is 0 Å². The highest BCUT2D eigenvalue weighted by molar-refractivity contribution is 5.93. The van der Waals surface area contributed by atoms with Crippen molar-refractivity contribution in [3.8, 4) is 11.4 Å². The first-order valence-electron chi connectivity index (χ1n) is 9.50. The number of carbonyl (C=O) groups excluding carboxylic acids is 1. The average Bonchev–Trinajstić information content (AvgIpc) is 3.06. The van der Waals surface area contributed by atoms with E-state index in [-0.39, 0.29) is 12.3 Å². The molecule has 0 aliphatic rings. The molecule has 0 unspecified atom stereocenters. The van der Waals surface area contributed by atoms with Gasteiger partial charge in [0.15, 0.2) is 5.65 Å². The van der Waals surface area contributed by atoms with Crippen LogP contribution in [0.15, 0.2) is 66.9 Å². The van der Waals surface area contributed by atoms with E-state index >= 15 is 0 Å². The summed E-state index contributed by atoms with van der Waals surface area (Å²) in [6.45, 7) is 4.27. The Morgan fingerprint density at radius 3 is 2.59 bits per heavy atom. The third-order valence-electron chi connectivity index (χ3n) is 4.61. The average molecular weight is 386 g/mol. The molecule has 0 radical (unpaired) electrons. The maximum atomic E-state index is 12.3. The van der Waals surface area contributed by atoms with Crippen molar-refractivity contribution in [1.82, 2.24) is 14.8 Å². The zero-order valence-corrected chi connectivity index (χ0v) is 16.4. The molecule has 2 aromatic heterocycles. The van der Waals surface area contributed by atoms with Gasteiger partial charge in [-0.15, -0.1) is 0 Å². The summed E-state index contributed by atoms with van der Waals surface area (Å²) in [5.74, 6) is 0.641. The van der Waals surface area contributed by atoms with Gasteiger partial charge in [-0.2, -0.15) is 5.10 Å². The SMILES string of the molecule is Cc1ccc(OCCC(=O)Nc2cnc3c(c2)c(C)nn3-c2ccccc2)cc1. The van der Waals surface area contributed by atoms with Crippen molar-refractivity contribution in [3.05, 3.63) is 78.1 Å². The molecule has 1 amide bonds. The highest BCUT2D eigenvalue weighted by atomic mass is 16.5. The highest BCUT2D eigenvalue weighted by Crippen LogP contribution is 2.23. The second-order valence-electron chi connectivity index (χ2n) is 6.89. The second kappa shape index (κ2) is 8.14. The van der Waals surface area contributed by atoms with Gasteiger partial charge < -0.3 is 10.1 Å². The van der Waals surface area contributed by atoms with Gasteiger partial charge in [0, 0.05) is 5.39 Å². The lowest BCUT2D eigenvalue weighted by molar-refractivity contribution is -0.116. The van der Waals surface area contributed by atoms with E-state index < -0.39 is 0 Å². The van der Waals surface area contributed by atoms with E-state index in [1.54, 1.807) is 6.20 Å². The first-order chi connectivity index (χ1) is 14.1. The zero-order chi connectivity index (χ0) is 20.2. The van der Waals surface area contributed by atoms with Crippen LogP contribution in [-0.4, -0.2) is 27.3 Å². The number of amides is 1. The fraction of sp³-hybridized carbons (Fsp3) is 0.174. The summed E-state index contributed by atoms with van der Waals surface area (Å²) in [6, 6.07) is 19.5. The number of carbonyl (C=O) groups is 1. The number of aromatic nitrogens is 3. The molecule has 0 aliphatic heterocycles. The molecule has 0 saturated carbocycles. The van der Waals surface area contributed by atoms with Crippen molar-refractivity contribution in [2.45, 2.75) is 20.3 Å². The minimum atomic E-state index is -0.119. The molecule has 0 aliphatic carbocycles. The Morgan fingerprint density at radius 2 is 1.83 bits per heavy atom. The Morgan fingerprint density at radius 1 is 1.07 bits per heavy atom. The summed E-state index contributed by atoms with van der Waals surface area (Å²) in [6.07, 6.45) is 1.91. The molecule has 2 heterocycles. The number of aryl methyl sites for hydroxylation is 2. The van der Waals surface area contributed by atoms with Crippen LogP contribution in [0.2, 0.25) is 0 Å². The number of hydrogen-bond acceptors (Lipinski definition) is 4. The minimum Gasteiger partial charge on any atom is -0.493 e. The Bertz CT molecular complexity index is 1130. The molecule has 4 rings (SSSR count). The van der Waals surface area contributed by atoms with Gasteiger partial charge in [-0.25, -0.2) is 9.67 Å². The zero-order valence-electron chi connectivity index (χ0n) is 16.4. The largest absolute Gasteiger partial charge is 0.493 e. The van der Waals surface area contributed by atoms with Crippen LogP contribution in [0, 0.1) is 13.8 Å². The predicted octanol–water partition coefficient (Wildman–Crippen LogP) is 4.44. The van der Waals surface area contributed by atoms with E-state index in [9.17, 15) is 4.79 Å². The monoisotopic (exact) mass is 386 g/mol. The standard InChI is InChI=1S/C23H22N4O2/c1-16-8-10-20(11-9-16)29-13-12-22(28)25-18-14-21-17(2)26-27(23(21)24-15-18)19-6-4-3-5-7-19/h3-11,14-15H,12-13H2,1-2H3,(H,25,28). The Balaban J connectivity index is 1.42. The summed E-state index contributed by atoms with van der Waals surface area (Å²) in [5, 5.41) is 8.38. The molecule has 29 heavy (non-hydrogen) atoms. The molecule has 4 aromatic rings. The first kappa shape index (κ1) is 18.7. The van der Waals surface area contributed by atoms with E-state index in [4.69, 9.17) is 4.74 Å². The summed E-state index contributed by atoms with van der Waals surface area (Å²) < 4.78 is 7.43. The number of rotatable bonds is 6. The number of para-hydroxylation sites is 1. The van der Waals surface area contributed by atoms with Gasteiger partial charge in [0.05, 0.1) is 36.3 Å². The number of fused-ring (bicyclic) bond motifs is 1. The molecular weight excluding hydrogens is 364 g/mol. The lowest BCUT2D eigenvalue weighted by Gasteiger charge is -2.08. The Hall–Kier alpha value is -3.67. The number of anilines is 1. The van der Waals surface area contributed by atoms with Crippen LogP contribution in [0.3, 0.4) is 0 Å². The van der Waals surface area contributed by atoms with Crippen LogP contribution in [0.25, 0.3) is 16.7 Å². The second-order valence-corrected chi connectivity index (χ2v) is 6.89. The van der Waals surface area contributed by atoms with Gasteiger partial charge in [0.2, 0.25) is 5.91 Å². The highest BCUT2D eigenvalue weighted by Gasteiger charge is 2.12. The van der Waals surface area contributed by atoms with E-state index in [0.29, 0.717) is 12.3 Å². The van der Waals surface area contributed by atoms with Gasteiger partial charge in [-0.3, -0.25) is 4.79 Å². The number of ether oxygens (including phenoxy) is 1. The molecule has 0 spiro atoms. The number of benzene rings is 2. The maximum absolute atomic E-state index is 12.3. The summed E-state index contributed by atoms with van der Waals surface area (Å²) in [4.78, 5) is 16.8. The van der Waals surface area contributed by atoms with Crippen LogP contribution < -0.4 is 10.1 Å². The molecule has 0 atom stereocenters. The number of hydrogen-bond donors (Lipinski definition) is 1. The van der Waals surface area contributed by atoms with Crippen molar-refractivity contribution >= 4 is 22.6 Å². The van der Waals surface area contributed by atoms with Gasteiger partial charge in [0.1, 0.15) is 5.75 Å². The predicted molar refractivity (Wildman–Crippen MR) is 114 cm³/mol. The molecule has 2 aromatic carbocycles. The van der Waals surface area contributed by atoms with E-state index in [1.807, 2.05) is 79.2 Å². The lowest BCUT2D eigenvalue weighted by Crippen LogP contribution is -2.15. The molecule has 0 saturated heterocycles. The fourth-order valence-electron chi connectivity index (χ4n) is 3.08. The van der Waals surface area contributed by atoms with Gasteiger partial charge in [0.25, 0.3) is 0 Å². The van der Waals surface area contributed by atoms with Crippen molar-refractivity contribution in [2.75, 3.05) is 11.9 Å². The van der Waals surface area contributed by atoms with Crippen molar-refractivity contribution < 1.29 is 9.53 Å². The van der Waals surface area contributed by atoms with Gasteiger partial charge in [-0.1, -0.05) is 35.9 Å². The smallest absolute Gasteiger partial charge is 0.227 e. The van der Waals surface area contributed by atoms with Crippen LogP contribution in [-0.2, 0) is 4.79 Å². The number of nitrogens with zero attached hydrogens (tertiary/aromatic N) is 3. The molecule has 6 heteroatoms. The van der Waals surface area contributed by atoms with Crippen LogP contribution in [0.4, 0.5) is 5.69 Å². The fourth-order valence-corrected chi connectivity index (χ4v) is 3.08. The maximum Gasteiger partial charge on any atom is 0.227 e. The Kier molecular flexibility index (Phi) is 5.24. The van der Waals surface area contributed by atoms with E-state index in [0.717, 1.165) is 28.2 Å². The van der Waals surface area contributed by atoms with Gasteiger partial charge >= 0.3 is 0 Å². The molecular formula is C23H22N4O2. The summed E-state index contributed by atoms with van der Waals surface area (Å²) in [5.41, 5.74) is 4.38. The molecule has 0 bridgehead atoms. The molecule has 6 nitrogen and oxygen atoms in total. The van der Waals surface area contributed by atoms with Crippen LogP contribution >= 0.6 is 0 Å². The minimum absolute atomic E-state index is 0.119. The topological polar surface area (TPSA) is 69.0 Å². The third-order valence-corrected chi connectivity index (χ3v) is 4.61. The molecule has 146 valence electrons. The lowest BCUT2D eigenvalue weighted by atomic mass is 10.2. The normalized spacial score (nSPS) is 10.8. The quantitative estimate of drug-likeness (QED) is 0.532. The van der Waals surface area contributed by atoms with Crippen molar-refractivity contribution in [1.29, 1.82) is 0 Å². The molecule has 1 N–H and O–H groups in total. The van der Waals surface area contributed by atoms with Crippen molar-refractivity contribution in [3.63, 3.8) is 0 Å². The van der Waals surface area contributed by atoms with Crippen LogP contribution in [0.1, 0.15) is 17.7 Å². The van der Waals surface area contributed by atoms with Crippen LogP contribution in [0.5, 0.6) is 5.75 Å². The number of nitrogens with one attached hydrogen (secondary N) is 1. The van der Waals surface area contributed by atoms with E-state index in [2.05, 4.69) is 15.4 Å².